The van der Waals surface area contributed by atoms with Gasteiger partial charge >= 0.3 is 0 Å². The van der Waals surface area contributed by atoms with Crippen molar-refractivity contribution < 1.29 is 18.9 Å². The molecular formula is C24H31NO4. The van der Waals surface area contributed by atoms with Crippen LogP contribution < -0.4 is 4.90 Å². The lowest BCUT2D eigenvalue weighted by atomic mass is 10.1. The van der Waals surface area contributed by atoms with Gasteiger partial charge in [0.1, 0.15) is 0 Å². The molecule has 1 heterocycles. The first-order valence-corrected chi connectivity index (χ1v) is 10.3. The second-order valence-corrected chi connectivity index (χ2v) is 6.77. The fourth-order valence-corrected chi connectivity index (χ4v) is 3.03. The molecule has 0 spiro atoms. The highest BCUT2D eigenvalue weighted by Gasteiger charge is 2.07. The molecule has 0 saturated carbocycles. The van der Waals surface area contributed by atoms with E-state index in [1.807, 2.05) is 18.2 Å². The third-order valence-electron chi connectivity index (χ3n) is 4.65. The highest BCUT2D eigenvalue weighted by molar-refractivity contribution is 5.70. The number of rotatable bonds is 3. The maximum atomic E-state index is 5.71. The third-order valence-corrected chi connectivity index (χ3v) is 4.65. The van der Waals surface area contributed by atoms with Crippen molar-refractivity contribution in [3.63, 3.8) is 0 Å². The zero-order chi connectivity index (χ0) is 20.0. The molecule has 5 nitrogen and oxygen atoms in total. The van der Waals surface area contributed by atoms with E-state index in [4.69, 9.17) is 18.9 Å². The Bertz CT molecular complexity index is 687. The molecule has 0 atom stereocenters. The van der Waals surface area contributed by atoms with Gasteiger partial charge in [0.05, 0.1) is 52.9 Å². The van der Waals surface area contributed by atoms with Crippen LogP contribution in [-0.2, 0) is 18.9 Å². The number of ether oxygens (including phenoxy) is 4. The number of hydrogen-bond donors (Lipinski definition) is 0. The van der Waals surface area contributed by atoms with Gasteiger partial charge in [-0.25, -0.2) is 0 Å². The van der Waals surface area contributed by atoms with Crippen LogP contribution in [-0.4, -0.2) is 65.9 Å². The van der Waals surface area contributed by atoms with E-state index in [1.54, 1.807) is 0 Å². The summed E-state index contributed by atoms with van der Waals surface area (Å²) in [6.45, 7) is 6.57. The second kappa shape index (κ2) is 13.1. The average Bonchev–Trinajstić information content (AvgIpc) is 2.78. The molecule has 1 fully saturated rings. The molecule has 0 aliphatic carbocycles. The van der Waals surface area contributed by atoms with Gasteiger partial charge in [-0.05, 0) is 23.3 Å². The lowest BCUT2D eigenvalue weighted by molar-refractivity contribution is 0.00206. The van der Waals surface area contributed by atoms with Crippen LogP contribution in [0.4, 0.5) is 5.69 Å². The van der Waals surface area contributed by atoms with Crippen LogP contribution in [0.1, 0.15) is 11.1 Å². The Morgan fingerprint density at radius 1 is 0.517 bits per heavy atom. The van der Waals surface area contributed by atoms with Crippen LogP contribution in [0.2, 0.25) is 0 Å². The predicted octanol–water partition coefficient (Wildman–Crippen LogP) is 3.74. The Hall–Kier alpha value is -2.18. The summed E-state index contributed by atoms with van der Waals surface area (Å²) in [4.78, 5) is 2.30. The summed E-state index contributed by atoms with van der Waals surface area (Å²) in [6, 6.07) is 18.9. The van der Waals surface area contributed by atoms with Crippen LogP contribution in [0.25, 0.3) is 12.2 Å². The monoisotopic (exact) mass is 397 g/mol. The van der Waals surface area contributed by atoms with Gasteiger partial charge in [-0.3, -0.25) is 0 Å². The molecule has 1 aliphatic rings. The van der Waals surface area contributed by atoms with Crippen molar-refractivity contribution in [2.75, 3.05) is 70.8 Å². The Balaban J connectivity index is 1.56. The van der Waals surface area contributed by atoms with Gasteiger partial charge in [0.2, 0.25) is 0 Å². The first-order valence-electron chi connectivity index (χ1n) is 10.3. The van der Waals surface area contributed by atoms with Crippen LogP contribution in [0.3, 0.4) is 0 Å². The van der Waals surface area contributed by atoms with E-state index >= 15 is 0 Å². The molecule has 1 aliphatic heterocycles. The number of nitrogens with zero attached hydrogens (tertiary/aromatic N) is 1. The second-order valence-electron chi connectivity index (χ2n) is 6.77. The first-order chi connectivity index (χ1) is 14.4. The van der Waals surface area contributed by atoms with E-state index in [2.05, 4.69) is 53.5 Å². The third kappa shape index (κ3) is 8.38. The topological polar surface area (TPSA) is 40.2 Å². The van der Waals surface area contributed by atoms with Gasteiger partial charge in [-0.1, -0.05) is 54.6 Å². The molecular weight excluding hydrogens is 366 g/mol. The van der Waals surface area contributed by atoms with E-state index in [-0.39, 0.29) is 0 Å². The minimum atomic E-state index is 0.598. The van der Waals surface area contributed by atoms with Crippen molar-refractivity contribution in [3.05, 3.63) is 65.7 Å². The van der Waals surface area contributed by atoms with Gasteiger partial charge in [-0.2, -0.15) is 0 Å². The van der Waals surface area contributed by atoms with Gasteiger partial charge in [0.25, 0.3) is 0 Å². The molecule has 3 rings (SSSR count). The quantitative estimate of drug-likeness (QED) is 0.738. The summed E-state index contributed by atoms with van der Waals surface area (Å²) in [5, 5.41) is 0. The van der Waals surface area contributed by atoms with E-state index in [1.165, 1.54) is 16.8 Å². The molecule has 5 heteroatoms. The molecule has 0 bridgehead atoms. The maximum Gasteiger partial charge on any atom is 0.0701 e. The summed E-state index contributed by atoms with van der Waals surface area (Å²) in [5.41, 5.74) is 3.55. The Morgan fingerprint density at radius 2 is 0.966 bits per heavy atom. The molecule has 0 amide bonds. The number of benzene rings is 2. The lowest BCUT2D eigenvalue weighted by Gasteiger charge is -2.25. The van der Waals surface area contributed by atoms with E-state index in [0.29, 0.717) is 52.9 Å². The first kappa shape index (κ1) is 21.5. The average molecular weight is 398 g/mol. The summed E-state index contributed by atoms with van der Waals surface area (Å²) in [6.07, 6.45) is 4.27. The molecule has 0 aromatic heterocycles. The van der Waals surface area contributed by atoms with Gasteiger partial charge < -0.3 is 23.8 Å². The fraction of sp³-hybridized carbons (Fsp3) is 0.417. The Labute approximate surface area is 173 Å². The van der Waals surface area contributed by atoms with Crippen LogP contribution >= 0.6 is 0 Å². The normalized spacial score (nSPS) is 18.3. The maximum absolute atomic E-state index is 5.71. The van der Waals surface area contributed by atoms with Crippen molar-refractivity contribution >= 4 is 17.8 Å². The molecule has 0 unspecified atom stereocenters. The van der Waals surface area contributed by atoms with Crippen molar-refractivity contribution in [1.29, 1.82) is 0 Å². The van der Waals surface area contributed by atoms with E-state index in [0.717, 1.165) is 13.1 Å². The minimum absolute atomic E-state index is 0.598. The van der Waals surface area contributed by atoms with Gasteiger partial charge in [0, 0.05) is 18.8 Å². The molecule has 2 aromatic rings. The molecule has 0 radical (unpaired) electrons. The van der Waals surface area contributed by atoms with Crippen LogP contribution in [0.5, 0.6) is 0 Å². The number of anilines is 1. The zero-order valence-corrected chi connectivity index (χ0v) is 17.0. The van der Waals surface area contributed by atoms with Gasteiger partial charge in [-0.15, -0.1) is 0 Å². The van der Waals surface area contributed by atoms with Crippen molar-refractivity contribution in [3.8, 4) is 0 Å². The predicted molar refractivity (Wildman–Crippen MR) is 117 cm³/mol. The highest BCUT2D eigenvalue weighted by Crippen LogP contribution is 2.17. The lowest BCUT2D eigenvalue weighted by Crippen LogP contribution is -2.31. The molecule has 156 valence electrons. The summed E-state index contributed by atoms with van der Waals surface area (Å²) in [7, 11) is 0. The molecule has 2 aromatic carbocycles. The fourth-order valence-electron chi connectivity index (χ4n) is 3.03. The zero-order valence-electron chi connectivity index (χ0n) is 17.0. The standard InChI is InChI=1S/C24H31NO4/c1-2-4-22(5-3-1)6-7-23-8-10-24(11-9-23)25-12-14-26-16-18-28-20-21-29-19-17-27-15-13-25/h1-11H,12-21H2/b7-6+. The van der Waals surface area contributed by atoms with Crippen molar-refractivity contribution in [2.45, 2.75) is 0 Å². The number of hydrogen-bond acceptors (Lipinski definition) is 5. The summed E-state index contributed by atoms with van der Waals surface area (Å²) >= 11 is 0. The Kier molecular flexibility index (Phi) is 9.74. The highest BCUT2D eigenvalue weighted by atomic mass is 16.6. The smallest absolute Gasteiger partial charge is 0.0701 e. The molecule has 0 N–H and O–H groups in total. The minimum Gasteiger partial charge on any atom is -0.377 e. The summed E-state index contributed by atoms with van der Waals surface area (Å²) < 4.78 is 22.4. The molecule has 29 heavy (non-hydrogen) atoms. The Morgan fingerprint density at radius 3 is 1.48 bits per heavy atom. The SMILES string of the molecule is C(=C\c1ccc(N2CCOCCOCCOCCOCC2)cc1)/c1ccccc1. The van der Waals surface area contributed by atoms with Crippen LogP contribution in [0, 0.1) is 0 Å². The van der Waals surface area contributed by atoms with Crippen molar-refractivity contribution in [2.24, 2.45) is 0 Å². The van der Waals surface area contributed by atoms with E-state index < -0.39 is 0 Å². The van der Waals surface area contributed by atoms with Crippen LogP contribution in [0.15, 0.2) is 54.6 Å². The summed E-state index contributed by atoms with van der Waals surface area (Å²) in [5.74, 6) is 0. The largest absolute Gasteiger partial charge is 0.377 e. The van der Waals surface area contributed by atoms with Crippen molar-refractivity contribution in [1.82, 2.24) is 0 Å². The van der Waals surface area contributed by atoms with Gasteiger partial charge in [0.15, 0.2) is 0 Å². The molecule has 1 saturated heterocycles. The van der Waals surface area contributed by atoms with E-state index in [9.17, 15) is 0 Å².